The van der Waals surface area contributed by atoms with Crippen molar-refractivity contribution in [2.45, 2.75) is 31.4 Å². The number of hydrogen-bond donors (Lipinski definition) is 1. The number of aliphatic hydroxyl groups excluding tert-OH is 1. The number of sulfone groups is 1. The monoisotopic (exact) mass is 345 g/mol. The molecule has 1 N–H and O–H groups in total. The standard InChI is InChI=1S/C16H21F2NO3S/c17-14-2-1-12(7-15(14)18)16-8-13(20)10-19(16)9-11-3-5-23(21,22)6-4-11/h1-2,7,11,13,16,20H,3-6,8-10H2/t13-,16-/m1/s1. The lowest BCUT2D eigenvalue weighted by Gasteiger charge is -2.31. The van der Waals surface area contributed by atoms with Gasteiger partial charge in [-0.1, -0.05) is 6.07 Å². The Morgan fingerprint density at radius 3 is 2.52 bits per heavy atom. The summed E-state index contributed by atoms with van der Waals surface area (Å²) in [6, 6.07) is 3.70. The van der Waals surface area contributed by atoms with Crippen molar-refractivity contribution in [1.29, 1.82) is 0 Å². The number of halogens is 2. The molecule has 1 aromatic rings. The molecule has 7 heteroatoms. The molecule has 0 aromatic heterocycles. The van der Waals surface area contributed by atoms with Gasteiger partial charge in [-0.2, -0.15) is 0 Å². The van der Waals surface area contributed by atoms with Gasteiger partial charge in [0.15, 0.2) is 11.6 Å². The molecule has 0 radical (unpaired) electrons. The van der Waals surface area contributed by atoms with Gasteiger partial charge in [0.2, 0.25) is 0 Å². The second-order valence-corrected chi connectivity index (χ2v) is 8.93. The van der Waals surface area contributed by atoms with Crippen molar-refractivity contribution in [3.63, 3.8) is 0 Å². The molecule has 0 bridgehead atoms. The summed E-state index contributed by atoms with van der Waals surface area (Å²) in [5.41, 5.74) is 0.656. The third-order valence-electron chi connectivity index (χ3n) is 4.88. The van der Waals surface area contributed by atoms with Crippen LogP contribution >= 0.6 is 0 Å². The highest BCUT2D eigenvalue weighted by Crippen LogP contribution is 2.34. The average Bonchev–Trinajstić information content (AvgIpc) is 2.85. The fourth-order valence-electron chi connectivity index (χ4n) is 3.60. The SMILES string of the molecule is O=S1(=O)CCC(CN2C[C@H](O)C[C@@H]2c2ccc(F)c(F)c2)CC1. The Morgan fingerprint density at radius 1 is 1.17 bits per heavy atom. The van der Waals surface area contributed by atoms with Crippen LogP contribution in [0.1, 0.15) is 30.9 Å². The van der Waals surface area contributed by atoms with E-state index < -0.39 is 27.6 Å². The lowest BCUT2D eigenvalue weighted by molar-refractivity contribution is 0.163. The molecule has 0 unspecified atom stereocenters. The summed E-state index contributed by atoms with van der Waals surface area (Å²) in [7, 11) is -2.90. The van der Waals surface area contributed by atoms with Crippen molar-refractivity contribution in [2.75, 3.05) is 24.6 Å². The maximum atomic E-state index is 13.5. The third-order valence-corrected chi connectivity index (χ3v) is 6.59. The number of rotatable bonds is 3. The summed E-state index contributed by atoms with van der Waals surface area (Å²) in [5.74, 6) is -1.08. The van der Waals surface area contributed by atoms with Crippen LogP contribution in [0.4, 0.5) is 8.78 Å². The van der Waals surface area contributed by atoms with Crippen molar-refractivity contribution < 1.29 is 22.3 Å². The number of benzene rings is 1. The van der Waals surface area contributed by atoms with E-state index in [1.807, 2.05) is 0 Å². The van der Waals surface area contributed by atoms with Gasteiger partial charge in [-0.05, 0) is 42.9 Å². The van der Waals surface area contributed by atoms with Crippen LogP contribution in [0.5, 0.6) is 0 Å². The van der Waals surface area contributed by atoms with Crippen LogP contribution in [0.15, 0.2) is 18.2 Å². The second kappa shape index (κ2) is 6.45. The number of likely N-dealkylation sites (tertiary alicyclic amines) is 1. The molecular formula is C16H21F2NO3S. The molecule has 0 saturated carbocycles. The molecule has 128 valence electrons. The molecule has 2 aliphatic rings. The zero-order valence-corrected chi connectivity index (χ0v) is 13.6. The van der Waals surface area contributed by atoms with Crippen molar-refractivity contribution in [3.05, 3.63) is 35.4 Å². The number of aliphatic hydroxyl groups is 1. The largest absolute Gasteiger partial charge is 0.392 e. The molecule has 2 aliphatic heterocycles. The maximum absolute atomic E-state index is 13.5. The molecule has 1 aromatic carbocycles. The highest BCUT2D eigenvalue weighted by atomic mass is 32.2. The highest BCUT2D eigenvalue weighted by Gasteiger charge is 2.35. The zero-order chi connectivity index (χ0) is 16.6. The first-order valence-corrected chi connectivity index (χ1v) is 9.74. The first kappa shape index (κ1) is 16.8. The lowest BCUT2D eigenvalue weighted by Crippen LogP contribution is -2.34. The summed E-state index contributed by atoms with van der Waals surface area (Å²) < 4.78 is 49.6. The minimum absolute atomic E-state index is 0.154. The fourth-order valence-corrected chi connectivity index (χ4v) is 5.19. The predicted octanol–water partition coefficient (Wildman–Crippen LogP) is 1.90. The van der Waals surface area contributed by atoms with Crippen molar-refractivity contribution >= 4 is 9.84 Å². The van der Waals surface area contributed by atoms with E-state index in [1.54, 1.807) is 6.07 Å². The van der Waals surface area contributed by atoms with E-state index in [4.69, 9.17) is 0 Å². The Bertz CT molecular complexity index is 666. The van der Waals surface area contributed by atoms with Crippen LogP contribution in [0, 0.1) is 17.6 Å². The van der Waals surface area contributed by atoms with E-state index in [-0.39, 0.29) is 23.5 Å². The summed E-state index contributed by atoms with van der Waals surface area (Å²) in [5, 5.41) is 9.96. The summed E-state index contributed by atoms with van der Waals surface area (Å²) in [6.45, 7) is 1.16. The molecule has 0 amide bonds. The van der Waals surface area contributed by atoms with Crippen LogP contribution < -0.4 is 0 Å². The number of β-amino-alcohol motifs (C(OH)–C–C–N with tert-alkyl or cyclic N) is 1. The molecule has 2 fully saturated rings. The van der Waals surface area contributed by atoms with Gasteiger partial charge in [0.25, 0.3) is 0 Å². The Labute approximate surface area is 135 Å². The molecule has 4 nitrogen and oxygen atoms in total. The van der Waals surface area contributed by atoms with E-state index in [1.165, 1.54) is 6.07 Å². The molecule has 0 spiro atoms. The summed E-state index contributed by atoms with van der Waals surface area (Å²) in [6.07, 6.45) is 1.23. The summed E-state index contributed by atoms with van der Waals surface area (Å²) >= 11 is 0. The quantitative estimate of drug-likeness (QED) is 0.909. The minimum Gasteiger partial charge on any atom is -0.392 e. The van der Waals surface area contributed by atoms with Gasteiger partial charge in [0.1, 0.15) is 9.84 Å². The molecule has 3 rings (SSSR count). The minimum atomic E-state index is -2.90. The lowest BCUT2D eigenvalue weighted by atomic mass is 9.99. The zero-order valence-electron chi connectivity index (χ0n) is 12.8. The fraction of sp³-hybridized carbons (Fsp3) is 0.625. The van der Waals surface area contributed by atoms with Gasteiger partial charge in [-0.15, -0.1) is 0 Å². The smallest absolute Gasteiger partial charge is 0.159 e. The van der Waals surface area contributed by atoms with E-state index in [0.717, 1.165) is 6.07 Å². The van der Waals surface area contributed by atoms with Gasteiger partial charge < -0.3 is 5.11 Å². The van der Waals surface area contributed by atoms with Gasteiger partial charge in [0.05, 0.1) is 17.6 Å². The van der Waals surface area contributed by atoms with Crippen LogP contribution in [-0.2, 0) is 9.84 Å². The highest BCUT2D eigenvalue weighted by molar-refractivity contribution is 7.91. The number of hydrogen-bond acceptors (Lipinski definition) is 4. The van der Waals surface area contributed by atoms with E-state index in [2.05, 4.69) is 4.90 Å². The Balaban J connectivity index is 1.71. The Kier molecular flexibility index (Phi) is 4.71. The summed E-state index contributed by atoms with van der Waals surface area (Å²) in [4.78, 5) is 2.07. The molecular weight excluding hydrogens is 324 g/mol. The second-order valence-electron chi connectivity index (χ2n) is 6.63. The van der Waals surface area contributed by atoms with Gasteiger partial charge in [-0.25, -0.2) is 17.2 Å². The van der Waals surface area contributed by atoms with E-state index >= 15 is 0 Å². The predicted molar refractivity (Wildman–Crippen MR) is 82.7 cm³/mol. The molecule has 0 aliphatic carbocycles. The topological polar surface area (TPSA) is 57.6 Å². The first-order chi connectivity index (χ1) is 10.8. The van der Waals surface area contributed by atoms with Crippen molar-refractivity contribution in [2.24, 2.45) is 5.92 Å². The van der Waals surface area contributed by atoms with E-state index in [0.29, 0.717) is 37.9 Å². The Hall–Kier alpha value is -1.05. The molecule has 23 heavy (non-hydrogen) atoms. The van der Waals surface area contributed by atoms with Crippen LogP contribution in [0.25, 0.3) is 0 Å². The number of nitrogens with zero attached hydrogens (tertiary/aromatic N) is 1. The van der Waals surface area contributed by atoms with Crippen LogP contribution in [-0.4, -0.2) is 49.1 Å². The maximum Gasteiger partial charge on any atom is 0.159 e. The van der Waals surface area contributed by atoms with Gasteiger partial charge in [0, 0.05) is 19.1 Å². The third kappa shape index (κ3) is 3.89. The van der Waals surface area contributed by atoms with Gasteiger partial charge >= 0.3 is 0 Å². The van der Waals surface area contributed by atoms with Gasteiger partial charge in [-0.3, -0.25) is 4.90 Å². The molecule has 2 atom stereocenters. The Morgan fingerprint density at radius 2 is 1.87 bits per heavy atom. The normalized spacial score (nSPS) is 29.0. The first-order valence-electron chi connectivity index (χ1n) is 7.91. The average molecular weight is 345 g/mol. The van der Waals surface area contributed by atoms with Crippen LogP contribution in [0.3, 0.4) is 0 Å². The van der Waals surface area contributed by atoms with Crippen molar-refractivity contribution in [1.82, 2.24) is 4.90 Å². The van der Waals surface area contributed by atoms with Crippen molar-refractivity contribution in [3.8, 4) is 0 Å². The van der Waals surface area contributed by atoms with E-state index in [9.17, 15) is 22.3 Å². The molecule has 2 heterocycles. The van der Waals surface area contributed by atoms with Crippen LogP contribution in [0.2, 0.25) is 0 Å². The molecule has 2 saturated heterocycles.